The molecule has 124 valence electrons. The number of nitrogens with zero attached hydrogens (tertiary/aromatic N) is 1. The zero-order valence-corrected chi connectivity index (χ0v) is 14.4. The van der Waals surface area contributed by atoms with Crippen molar-refractivity contribution < 1.29 is 9.53 Å². The Bertz CT molecular complexity index is 305. The molecule has 0 aromatic heterocycles. The van der Waals surface area contributed by atoms with E-state index >= 15 is 0 Å². The third kappa shape index (κ3) is 6.35. The van der Waals surface area contributed by atoms with Crippen molar-refractivity contribution in [2.24, 2.45) is 0 Å². The largest absolute Gasteiger partial charge is 0.465 e. The lowest BCUT2D eigenvalue weighted by Gasteiger charge is -2.31. The van der Waals surface area contributed by atoms with Crippen LogP contribution >= 0.6 is 0 Å². The molecule has 0 aromatic carbocycles. The van der Waals surface area contributed by atoms with Gasteiger partial charge in [0.2, 0.25) is 0 Å². The standard InChI is InChI=1S/C17H34N2O2/c1-5-8-13-19(15-9-10-15)14-11-17(4,18-12-6-2)16(20)21-7-3/h15,18H,5-14H2,1-4H3. The third-order valence-corrected chi connectivity index (χ3v) is 4.25. The topological polar surface area (TPSA) is 41.6 Å². The lowest BCUT2D eigenvalue weighted by atomic mass is 9.97. The molecular formula is C17H34N2O2. The number of ether oxygens (including phenoxy) is 1. The monoisotopic (exact) mass is 298 g/mol. The fourth-order valence-corrected chi connectivity index (χ4v) is 2.60. The minimum absolute atomic E-state index is 0.107. The zero-order valence-electron chi connectivity index (χ0n) is 14.4. The molecule has 0 amide bonds. The van der Waals surface area contributed by atoms with Crippen molar-refractivity contribution >= 4 is 5.97 Å². The number of nitrogens with one attached hydrogen (secondary N) is 1. The Hall–Kier alpha value is -0.610. The number of hydrogen-bond donors (Lipinski definition) is 1. The highest BCUT2D eigenvalue weighted by atomic mass is 16.5. The van der Waals surface area contributed by atoms with Crippen LogP contribution in [0.5, 0.6) is 0 Å². The van der Waals surface area contributed by atoms with E-state index in [-0.39, 0.29) is 5.97 Å². The molecular weight excluding hydrogens is 264 g/mol. The minimum Gasteiger partial charge on any atom is -0.465 e. The molecule has 4 nitrogen and oxygen atoms in total. The van der Waals surface area contributed by atoms with Crippen LogP contribution in [0.3, 0.4) is 0 Å². The smallest absolute Gasteiger partial charge is 0.326 e. The van der Waals surface area contributed by atoms with Gasteiger partial charge in [0.25, 0.3) is 0 Å². The van der Waals surface area contributed by atoms with Gasteiger partial charge in [-0.05, 0) is 59.0 Å². The Morgan fingerprint density at radius 2 is 1.95 bits per heavy atom. The van der Waals surface area contributed by atoms with Crippen LogP contribution in [0, 0.1) is 0 Å². The Labute approximate surface area is 130 Å². The quantitative estimate of drug-likeness (QED) is 0.562. The first-order valence-electron chi connectivity index (χ1n) is 8.73. The first-order chi connectivity index (χ1) is 10.1. The maximum Gasteiger partial charge on any atom is 0.326 e. The van der Waals surface area contributed by atoms with E-state index < -0.39 is 5.54 Å². The van der Waals surface area contributed by atoms with Crippen LogP contribution < -0.4 is 5.32 Å². The van der Waals surface area contributed by atoms with Crippen molar-refractivity contribution in [3.05, 3.63) is 0 Å². The lowest BCUT2D eigenvalue weighted by molar-refractivity contribution is -0.151. The van der Waals surface area contributed by atoms with Gasteiger partial charge < -0.3 is 15.0 Å². The fourth-order valence-electron chi connectivity index (χ4n) is 2.60. The van der Waals surface area contributed by atoms with Crippen LogP contribution in [0.1, 0.15) is 66.2 Å². The minimum atomic E-state index is -0.550. The summed E-state index contributed by atoms with van der Waals surface area (Å²) < 4.78 is 5.27. The normalized spacial score (nSPS) is 17.8. The van der Waals surface area contributed by atoms with Gasteiger partial charge >= 0.3 is 5.97 Å². The van der Waals surface area contributed by atoms with E-state index in [0.29, 0.717) is 6.61 Å². The summed E-state index contributed by atoms with van der Waals surface area (Å²) >= 11 is 0. The number of unbranched alkanes of at least 4 members (excludes halogenated alkanes) is 1. The van der Waals surface area contributed by atoms with Gasteiger partial charge in [0, 0.05) is 12.6 Å². The third-order valence-electron chi connectivity index (χ3n) is 4.25. The summed E-state index contributed by atoms with van der Waals surface area (Å²) in [5, 5.41) is 3.40. The van der Waals surface area contributed by atoms with Gasteiger partial charge in [0.05, 0.1) is 6.61 Å². The highest BCUT2D eigenvalue weighted by Gasteiger charge is 2.36. The summed E-state index contributed by atoms with van der Waals surface area (Å²) in [6.45, 7) is 11.7. The summed E-state index contributed by atoms with van der Waals surface area (Å²) in [6, 6.07) is 0.758. The molecule has 1 saturated carbocycles. The average molecular weight is 298 g/mol. The summed E-state index contributed by atoms with van der Waals surface area (Å²) in [7, 11) is 0. The molecule has 21 heavy (non-hydrogen) atoms. The lowest BCUT2D eigenvalue weighted by Crippen LogP contribution is -2.52. The van der Waals surface area contributed by atoms with Gasteiger partial charge in [-0.1, -0.05) is 20.3 Å². The molecule has 1 fully saturated rings. The summed E-state index contributed by atoms with van der Waals surface area (Å²) in [4.78, 5) is 14.8. The van der Waals surface area contributed by atoms with Gasteiger partial charge in [-0.25, -0.2) is 0 Å². The fraction of sp³-hybridized carbons (Fsp3) is 0.941. The van der Waals surface area contributed by atoms with Crippen molar-refractivity contribution in [2.75, 3.05) is 26.2 Å². The van der Waals surface area contributed by atoms with E-state index in [2.05, 4.69) is 24.1 Å². The Morgan fingerprint density at radius 3 is 2.48 bits per heavy atom. The van der Waals surface area contributed by atoms with Crippen molar-refractivity contribution in [3.63, 3.8) is 0 Å². The van der Waals surface area contributed by atoms with Gasteiger partial charge in [-0.15, -0.1) is 0 Å². The molecule has 1 rings (SSSR count). The maximum atomic E-state index is 12.3. The number of esters is 1. The van der Waals surface area contributed by atoms with E-state index in [1.54, 1.807) is 0 Å². The van der Waals surface area contributed by atoms with Crippen LogP contribution in [-0.2, 0) is 9.53 Å². The second-order valence-corrected chi connectivity index (χ2v) is 6.35. The molecule has 4 heteroatoms. The van der Waals surface area contributed by atoms with E-state index in [9.17, 15) is 4.79 Å². The number of carbonyl (C=O) groups is 1. The van der Waals surface area contributed by atoms with Crippen LogP contribution in [-0.4, -0.2) is 48.7 Å². The molecule has 1 N–H and O–H groups in total. The number of hydrogen-bond acceptors (Lipinski definition) is 4. The molecule has 1 atom stereocenters. The highest BCUT2D eigenvalue weighted by Crippen LogP contribution is 2.28. The van der Waals surface area contributed by atoms with E-state index in [1.807, 2.05) is 13.8 Å². The molecule has 0 saturated heterocycles. The van der Waals surface area contributed by atoms with Crippen molar-refractivity contribution in [1.82, 2.24) is 10.2 Å². The van der Waals surface area contributed by atoms with Crippen molar-refractivity contribution in [2.45, 2.75) is 77.8 Å². The summed E-state index contributed by atoms with van der Waals surface area (Å²) in [5.74, 6) is -0.107. The number of rotatable bonds is 12. The summed E-state index contributed by atoms with van der Waals surface area (Å²) in [5.41, 5.74) is -0.550. The predicted octanol–water partition coefficient (Wildman–Crippen LogP) is 2.96. The number of carbonyl (C=O) groups excluding carboxylic acids is 1. The zero-order chi connectivity index (χ0) is 15.7. The van der Waals surface area contributed by atoms with Gasteiger partial charge in [0.15, 0.2) is 0 Å². The van der Waals surface area contributed by atoms with E-state index in [0.717, 1.165) is 38.5 Å². The van der Waals surface area contributed by atoms with Crippen LogP contribution in [0.4, 0.5) is 0 Å². The molecule has 0 radical (unpaired) electrons. The van der Waals surface area contributed by atoms with Crippen LogP contribution in [0.2, 0.25) is 0 Å². The Morgan fingerprint density at radius 1 is 1.24 bits per heavy atom. The van der Waals surface area contributed by atoms with Crippen LogP contribution in [0.15, 0.2) is 0 Å². The first kappa shape index (κ1) is 18.4. The van der Waals surface area contributed by atoms with E-state index in [4.69, 9.17) is 4.74 Å². The van der Waals surface area contributed by atoms with Gasteiger partial charge in [0.1, 0.15) is 5.54 Å². The second-order valence-electron chi connectivity index (χ2n) is 6.35. The molecule has 1 aliphatic carbocycles. The molecule has 0 spiro atoms. The first-order valence-corrected chi connectivity index (χ1v) is 8.73. The molecule has 0 aromatic rings. The SMILES string of the molecule is CCCCN(CCC(C)(NCCC)C(=O)OCC)C1CC1. The summed E-state index contributed by atoms with van der Waals surface area (Å²) in [6.07, 6.45) is 6.97. The van der Waals surface area contributed by atoms with E-state index in [1.165, 1.54) is 25.7 Å². The molecule has 0 heterocycles. The van der Waals surface area contributed by atoms with Crippen molar-refractivity contribution in [1.29, 1.82) is 0 Å². The maximum absolute atomic E-state index is 12.3. The second kappa shape index (κ2) is 9.42. The Balaban J connectivity index is 2.55. The van der Waals surface area contributed by atoms with Gasteiger partial charge in [-0.3, -0.25) is 4.79 Å². The van der Waals surface area contributed by atoms with Gasteiger partial charge in [-0.2, -0.15) is 0 Å². The van der Waals surface area contributed by atoms with Crippen LogP contribution in [0.25, 0.3) is 0 Å². The molecule has 1 unspecified atom stereocenters. The molecule has 1 aliphatic rings. The average Bonchev–Trinajstić information content (AvgIpc) is 3.30. The highest BCUT2D eigenvalue weighted by molar-refractivity contribution is 5.80. The molecule has 0 bridgehead atoms. The predicted molar refractivity (Wildman–Crippen MR) is 87.5 cm³/mol. The molecule has 0 aliphatic heterocycles. The van der Waals surface area contributed by atoms with Crippen molar-refractivity contribution in [3.8, 4) is 0 Å². The Kier molecular flexibility index (Phi) is 8.27.